The number of amides is 2. The lowest BCUT2D eigenvalue weighted by Crippen LogP contribution is -2.59. The number of nitrogens with zero attached hydrogens (tertiary/aromatic N) is 3. The second kappa shape index (κ2) is 7.89. The summed E-state index contributed by atoms with van der Waals surface area (Å²) < 4.78 is 6.13. The number of likely N-dealkylation sites (tertiary alicyclic amines) is 1. The van der Waals surface area contributed by atoms with Crippen LogP contribution < -0.4 is 10.6 Å². The van der Waals surface area contributed by atoms with Crippen molar-refractivity contribution in [1.82, 2.24) is 15.2 Å². The molecule has 6 aliphatic rings. The summed E-state index contributed by atoms with van der Waals surface area (Å²) in [5.74, 6) is 2.20. The van der Waals surface area contributed by atoms with Gasteiger partial charge in [0.25, 0.3) is 0 Å². The van der Waals surface area contributed by atoms with E-state index in [9.17, 15) is 9.59 Å². The molecule has 6 fully saturated rings. The molecule has 33 heavy (non-hydrogen) atoms. The van der Waals surface area contributed by atoms with Crippen LogP contribution in [0, 0.1) is 34.5 Å². The largest absolute Gasteiger partial charge is 0.446 e. The summed E-state index contributed by atoms with van der Waals surface area (Å²) >= 11 is 0. The lowest BCUT2D eigenvalue weighted by Gasteiger charge is -2.58. The van der Waals surface area contributed by atoms with E-state index in [1.165, 1.54) is 0 Å². The van der Waals surface area contributed by atoms with Crippen molar-refractivity contribution in [3.05, 3.63) is 23.9 Å². The second-order valence-electron chi connectivity index (χ2n) is 11.0. The van der Waals surface area contributed by atoms with E-state index in [-0.39, 0.29) is 29.6 Å². The van der Waals surface area contributed by atoms with Gasteiger partial charge in [-0.15, -0.1) is 0 Å². The van der Waals surface area contributed by atoms with Crippen molar-refractivity contribution >= 4 is 17.8 Å². The average Bonchev–Trinajstić information content (AvgIpc) is 3.50. The van der Waals surface area contributed by atoms with Crippen LogP contribution >= 0.6 is 0 Å². The van der Waals surface area contributed by atoms with Crippen LogP contribution in [0.1, 0.15) is 56.9 Å². The molecule has 4 bridgehead atoms. The maximum atomic E-state index is 13.1. The van der Waals surface area contributed by atoms with Gasteiger partial charge in [0.05, 0.1) is 11.0 Å². The number of pyridine rings is 1. The Morgan fingerprint density at radius 3 is 2.58 bits per heavy atom. The number of hydrogen-bond donors (Lipinski definition) is 2. The fourth-order valence-electron chi connectivity index (χ4n) is 7.00. The Bertz CT molecular complexity index is 969. The smallest absolute Gasteiger partial charge is 0.410 e. The maximum Gasteiger partial charge on any atom is 0.410 e. The molecule has 6 atom stereocenters. The van der Waals surface area contributed by atoms with Gasteiger partial charge in [0.15, 0.2) is 0 Å². The van der Waals surface area contributed by atoms with Crippen molar-refractivity contribution in [2.24, 2.45) is 23.2 Å². The maximum absolute atomic E-state index is 13.1. The number of nitrogens with one attached hydrogen (secondary N) is 2. The Hall–Kier alpha value is -2.82. The fraction of sp³-hybridized carbons (Fsp3) is 0.680. The highest BCUT2D eigenvalue weighted by Crippen LogP contribution is 2.61. The number of rotatable bonds is 5. The number of aromatic nitrogens is 1. The molecule has 1 aliphatic heterocycles. The zero-order valence-corrected chi connectivity index (χ0v) is 18.8. The number of ether oxygens (including phenoxy) is 1. The molecule has 1 saturated heterocycles. The van der Waals surface area contributed by atoms with E-state index >= 15 is 0 Å². The molecule has 8 nitrogen and oxygen atoms in total. The van der Waals surface area contributed by atoms with E-state index in [0.717, 1.165) is 51.4 Å². The average molecular weight is 450 g/mol. The lowest BCUT2D eigenvalue weighted by molar-refractivity contribution is -0.164. The van der Waals surface area contributed by atoms with Gasteiger partial charge in [0, 0.05) is 31.4 Å². The summed E-state index contributed by atoms with van der Waals surface area (Å²) in [5.41, 5.74) is 0.304. The van der Waals surface area contributed by atoms with Crippen LogP contribution in [0.2, 0.25) is 0 Å². The van der Waals surface area contributed by atoms with Crippen molar-refractivity contribution in [2.75, 3.05) is 18.4 Å². The van der Waals surface area contributed by atoms with Crippen LogP contribution in [0.4, 0.5) is 10.6 Å². The molecule has 5 saturated carbocycles. The first-order valence-corrected chi connectivity index (χ1v) is 12.4. The molecule has 2 heterocycles. The summed E-state index contributed by atoms with van der Waals surface area (Å²) in [4.78, 5) is 32.1. The van der Waals surface area contributed by atoms with Gasteiger partial charge in [-0.3, -0.25) is 4.79 Å². The molecule has 1 aromatic rings. The van der Waals surface area contributed by atoms with Gasteiger partial charge in [-0.2, -0.15) is 5.26 Å². The molecule has 0 radical (unpaired) electrons. The molecule has 0 spiro atoms. The van der Waals surface area contributed by atoms with Gasteiger partial charge < -0.3 is 20.3 Å². The zero-order chi connectivity index (χ0) is 22.6. The second-order valence-corrected chi connectivity index (χ2v) is 11.0. The predicted molar refractivity (Wildman–Crippen MR) is 120 cm³/mol. The van der Waals surface area contributed by atoms with E-state index in [2.05, 4.69) is 21.7 Å². The zero-order valence-electron chi connectivity index (χ0n) is 18.8. The molecule has 8 heteroatoms. The molecule has 1 aromatic heterocycles. The van der Waals surface area contributed by atoms with Crippen LogP contribution in [0.3, 0.4) is 0 Å². The summed E-state index contributed by atoms with van der Waals surface area (Å²) in [5, 5.41) is 15.5. The summed E-state index contributed by atoms with van der Waals surface area (Å²) in [6.07, 6.45) is 9.26. The molecule has 2 amide bonds. The first kappa shape index (κ1) is 20.8. The van der Waals surface area contributed by atoms with Gasteiger partial charge in [-0.1, -0.05) is 0 Å². The molecule has 0 aromatic carbocycles. The number of anilines is 1. The van der Waals surface area contributed by atoms with E-state index in [0.29, 0.717) is 48.3 Å². The van der Waals surface area contributed by atoms with E-state index in [1.807, 2.05) is 0 Å². The molecule has 5 unspecified atom stereocenters. The van der Waals surface area contributed by atoms with E-state index < -0.39 is 0 Å². The SMILES string of the molecule is N#Cc1ccc(NC2CCN(C(=O)OC3C4CC5C[C@@H]3CC(C(=O)NC3CC3)(C5)C4)C2)nc1. The quantitative estimate of drug-likeness (QED) is 0.715. The van der Waals surface area contributed by atoms with Crippen molar-refractivity contribution in [3.8, 4) is 6.07 Å². The first-order valence-electron chi connectivity index (χ1n) is 12.4. The Labute approximate surface area is 194 Å². The molecule has 174 valence electrons. The number of hydrogen-bond acceptors (Lipinski definition) is 6. The minimum atomic E-state index is -0.223. The summed E-state index contributed by atoms with van der Waals surface area (Å²) in [6, 6.07) is 6.11. The Morgan fingerprint density at radius 1 is 1.12 bits per heavy atom. The van der Waals surface area contributed by atoms with Crippen molar-refractivity contribution in [3.63, 3.8) is 0 Å². The topological polar surface area (TPSA) is 107 Å². The van der Waals surface area contributed by atoms with Crippen LogP contribution in [-0.2, 0) is 9.53 Å². The number of nitriles is 1. The highest BCUT2D eigenvalue weighted by molar-refractivity contribution is 5.83. The number of carbonyl (C=O) groups is 2. The summed E-state index contributed by atoms with van der Waals surface area (Å²) in [6.45, 7) is 1.24. The third-order valence-electron chi connectivity index (χ3n) is 8.51. The van der Waals surface area contributed by atoms with Crippen LogP contribution in [0.25, 0.3) is 0 Å². The Balaban J connectivity index is 1.05. The third-order valence-corrected chi connectivity index (χ3v) is 8.51. The van der Waals surface area contributed by atoms with Gasteiger partial charge in [-0.25, -0.2) is 9.78 Å². The van der Waals surface area contributed by atoms with Crippen molar-refractivity contribution in [1.29, 1.82) is 5.26 Å². The monoisotopic (exact) mass is 449 g/mol. The van der Waals surface area contributed by atoms with Crippen LogP contribution in [0.15, 0.2) is 18.3 Å². The molecule has 2 N–H and O–H groups in total. The molecule has 7 rings (SSSR count). The van der Waals surface area contributed by atoms with Gasteiger partial charge in [0.1, 0.15) is 18.0 Å². The highest BCUT2D eigenvalue weighted by Gasteiger charge is 2.60. The summed E-state index contributed by atoms with van der Waals surface area (Å²) in [7, 11) is 0. The van der Waals surface area contributed by atoms with Gasteiger partial charge in [-0.05, 0) is 81.3 Å². The van der Waals surface area contributed by atoms with Crippen LogP contribution in [-0.4, -0.2) is 53.2 Å². The normalized spacial score (nSPS) is 36.3. The lowest BCUT2D eigenvalue weighted by atomic mass is 9.48. The van der Waals surface area contributed by atoms with Gasteiger partial charge in [0.2, 0.25) is 5.91 Å². The van der Waals surface area contributed by atoms with Crippen molar-refractivity contribution in [2.45, 2.75) is 69.6 Å². The Kier molecular flexibility index (Phi) is 4.97. The Morgan fingerprint density at radius 2 is 1.91 bits per heavy atom. The molecular formula is C25H31N5O3. The minimum Gasteiger partial charge on any atom is -0.446 e. The fourth-order valence-corrected chi connectivity index (χ4v) is 7.00. The minimum absolute atomic E-state index is 0.0527. The highest BCUT2D eigenvalue weighted by atomic mass is 16.6. The molecular weight excluding hydrogens is 418 g/mol. The van der Waals surface area contributed by atoms with Crippen molar-refractivity contribution < 1.29 is 14.3 Å². The van der Waals surface area contributed by atoms with E-state index in [1.54, 1.807) is 23.2 Å². The number of carbonyl (C=O) groups excluding carboxylic acids is 2. The first-order chi connectivity index (χ1) is 16.0. The third kappa shape index (κ3) is 3.92. The molecule has 5 aliphatic carbocycles. The van der Waals surface area contributed by atoms with E-state index in [4.69, 9.17) is 10.00 Å². The standard InChI is InChI=1S/C25H31N5O3/c26-12-15-1-4-21(27-13-15)28-20-5-6-30(14-20)24(32)33-22-17-7-16-8-18(22)11-25(9-16,10-17)23(31)29-19-2-3-19/h1,4,13,16-20,22H,2-3,5-11,14H2,(H,27,28)(H,29,31)/t16?,17-,18?,20?,22?,25?/m1/s1. The predicted octanol–water partition coefficient (Wildman–Crippen LogP) is 3.05. The van der Waals surface area contributed by atoms with Crippen LogP contribution in [0.5, 0.6) is 0 Å². The van der Waals surface area contributed by atoms with Gasteiger partial charge >= 0.3 is 6.09 Å².